The number of ether oxygens (including phenoxy) is 2. The second-order valence-electron chi connectivity index (χ2n) is 6.41. The van der Waals surface area contributed by atoms with Gasteiger partial charge in [0.1, 0.15) is 11.6 Å². The summed E-state index contributed by atoms with van der Waals surface area (Å²) < 4.78 is 43.4. The Kier molecular flexibility index (Phi) is 9.05. The Morgan fingerprint density at radius 1 is 1.00 bits per heavy atom. The van der Waals surface area contributed by atoms with Crippen LogP contribution >= 0.6 is 0 Å². The SMILES string of the molecule is CC(C)OC(CCCCCc1ccc(F)cc1F)(O[Si])OC(C)C. The predicted octanol–water partition coefficient (Wildman–Crippen LogP) is 4.67. The first-order valence-corrected chi connectivity index (χ1v) is 8.83. The lowest BCUT2D eigenvalue weighted by molar-refractivity contribution is -0.369. The summed E-state index contributed by atoms with van der Waals surface area (Å²) in [6, 6.07) is 3.71. The van der Waals surface area contributed by atoms with Crippen molar-refractivity contribution in [3.8, 4) is 0 Å². The van der Waals surface area contributed by atoms with Gasteiger partial charge in [-0.2, -0.15) is 0 Å². The zero-order valence-corrected chi connectivity index (χ0v) is 15.9. The third-order valence-corrected chi connectivity index (χ3v) is 3.74. The van der Waals surface area contributed by atoms with E-state index in [4.69, 9.17) is 13.9 Å². The maximum atomic E-state index is 13.6. The van der Waals surface area contributed by atoms with Crippen LogP contribution in [-0.2, 0) is 20.3 Å². The second kappa shape index (κ2) is 10.2. The van der Waals surface area contributed by atoms with E-state index in [1.807, 2.05) is 27.7 Å². The van der Waals surface area contributed by atoms with Crippen molar-refractivity contribution in [2.24, 2.45) is 0 Å². The molecule has 0 amide bonds. The van der Waals surface area contributed by atoms with Crippen LogP contribution in [0.15, 0.2) is 18.2 Å². The van der Waals surface area contributed by atoms with E-state index in [2.05, 4.69) is 10.5 Å². The average molecular weight is 357 g/mol. The highest BCUT2D eigenvalue weighted by Gasteiger charge is 2.33. The maximum absolute atomic E-state index is 13.6. The molecule has 0 saturated heterocycles. The van der Waals surface area contributed by atoms with Crippen LogP contribution in [0.2, 0.25) is 0 Å². The summed E-state index contributed by atoms with van der Waals surface area (Å²) in [6.07, 6.45) is 3.48. The summed E-state index contributed by atoms with van der Waals surface area (Å²) in [5.74, 6) is -2.16. The van der Waals surface area contributed by atoms with E-state index in [9.17, 15) is 8.78 Å². The molecule has 3 radical (unpaired) electrons. The van der Waals surface area contributed by atoms with Gasteiger partial charge >= 0.3 is 0 Å². The van der Waals surface area contributed by atoms with Crippen LogP contribution in [0.25, 0.3) is 0 Å². The van der Waals surface area contributed by atoms with Crippen molar-refractivity contribution in [2.45, 2.75) is 78.0 Å². The molecule has 1 aromatic rings. The number of halogens is 2. The summed E-state index contributed by atoms with van der Waals surface area (Å²) in [5.41, 5.74) is 0.538. The fourth-order valence-electron chi connectivity index (χ4n) is 2.52. The molecule has 135 valence electrons. The van der Waals surface area contributed by atoms with Gasteiger partial charge in [0.2, 0.25) is 0 Å². The van der Waals surface area contributed by atoms with Crippen LogP contribution in [0.5, 0.6) is 0 Å². The lowest BCUT2D eigenvalue weighted by atomic mass is 10.0. The number of rotatable bonds is 11. The molecular weight excluding hydrogens is 330 g/mol. The van der Waals surface area contributed by atoms with Gasteiger partial charge in [0.25, 0.3) is 16.5 Å². The molecule has 0 aliphatic rings. The van der Waals surface area contributed by atoms with Gasteiger partial charge < -0.3 is 13.9 Å². The van der Waals surface area contributed by atoms with Crippen LogP contribution in [0.1, 0.15) is 58.9 Å². The van der Waals surface area contributed by atoms with Gasteiger partial charge in [0.05, 0.1) is 12.2 Å². The van der Waals surface area contributed by atoms with E-state index >= 15 is 0 Å². The van der Waals surface area contributed by atoms with E-state index in [0.29, 0.717) is 18.4 Å². The summed E-state index contributed by atoms with van der Waals surface area (Å²) >= 11 is 0. The smallest absolute Gasteiger partial charge is 0.273 e. The summed E-state index contributed by atoms with van der Waals surface area (Å²) in [5, 5.41) is 0. The van der Waals surface area contributed by atoms with Crippen molar-refractivity contribution in [3.63, 3.8) is 0 Å². The Bertz CT molecular complexity index is 485. The monoisotopic (exact) mass is 357 g/mol. The molecule has 0 unspecified atom stereocenters. The first-order valence-electron chi connectivity index (χ1n) is 8.42. The van der Waals surface area contributed by atoms with E-state index in [1.54, 1.807) is 0 Å². The lowest BCUT2D eigenvalue weighted by Crippen LogP contribution is -2.42. The highest BCUT2D eigenvalue weighted by Crippen LogP contribution is 2.26. The molecule has 0 N–H and O–H groups in total. The van der Waals surface area contributed by atoms with Crippen molar-refractivity contribution in [3.05, 3.63) is 35.4 Å². The van der Waals surface area contributed by atoms with Crippen LogP contribution in [0, 0.1) is 11.6 Å². The van der Waals surface area contributed by atoms with Crippen LogP contribution in [0.3, 0.4) is 0 Å². The number of aryl methyl sites for hydroxylation is 1. The molecule has 0 spiro atoms. The normalized spacial score (nSPS) is 12.4. The Morgan fingerprint density at radius 2 is 1.62 bits per heavy atom. The first kappa shape index (κ1) is 21.2. The lowest BCUT2D eigenvalue weighted by Gasteiger charge is -2.35. The van der Waals surface area contributed by atoms with Gasteiger partial charge in [-0.05, 0) is 58.6 Å². The highest BCUT2D eigenvalue weighted by molar-refractivity contribution is 5.98. The van der Waals surface area contributed by atoms with Crippen LogP contribution in [0.4, 0.5) is 8.78 Å². The van der Waals surface area contributed by atoms with E-state index in [1.165, 1.54) is 12.1 Å². The predicted molar refractivity (Wildman–Crippen MR) is 90.5 cm³/mol. The quantitative estimate of drug-likeness (QED) is 0.327. The average Bonchev–Trinajstić information content (AvgIpc) is 2.47. The van der Waals surface area contributed by atoms with Crippen molar-refractivity contribution >= 4 is 10.5 Å². The summed E-state index contributed by atoms with van der Waals surface area (Å²) in [4.78, 5) is 0. The van der Waals surface area contributed by atoms with Crippen LogP contribution in [-0.4, -0.2) is 28.7 Å². The minimum atomic E-state index is -1.12. The third kappa shape index (κ3) is 7.38. The largest absolute Gasteiger partial charge is 0.371 e. The second-order valence-corrected chi connectivity index (χ2v) is 6.62. The Labute approximate surface area is 147 Å². The molecule has 0 fully saturated rings. The summed E-state index contributed by atoms with van der Waals surface area (Å²) in [6.45, 7) is 7.67. The molecule has 0 atom stereocenters. The zero-order valence-electron chi connectivity index (χ0n) is 14.9. The zero-order chi connectivity index (χ0) is 18.2. The molecule has 0 aliphatic heterocycles. The molecule has 24 heavy (non-hydrogen) atoms. The van der Waals surface area contributed by atoms with Gasteiger partial charge in [0, 0.05) is 12.5 Å². The molecule has 0 aromatic heterocycles. The molecule has 1 rings (SSSR count). The minimum absolute atomic E-state index is 0.0478. The topological polar surface area (TPSA) is 27.7 Å². The third-order valence-electron chi connectivity index (χ3n) is 3.43. The van der Waals surface area contributed by atoms with Gasteiger partial charge in [-0.3, -0.25) is 0 Å². The number of unbranched alkanes of at least 4 members (excludes halogenated alkanes) is 2. The number of hydrogen-bond donors (Lipinski definition) is 0. The van der Waals surface area contributed by atoms with Crippen molar-refractivity contribution in [1.29, 1.82) is 0 Å². The van der Waals surface area contributed by atoms with E-state index < -0.39 is 17.6 Å². The maximum Gasteiger partial charge on any atom is 0.273 e. The molecule has 6 heteroatoms. The molecule has 0 aliphatic carbocycles. The molecule has 1 aromatic carbocycles. The Morgan fingerprint density at radius 3 is 2.12 bits per heavy atom. The fourth-order valence-corrected chi connectivity index (χ4v) is 2.72. The van der Waals surface area contributed by atoms with E-state index in [0.717, 1.165) is 25.3 Å². The van der Waals surface area contributed by atoms with Crippen molar-refractivity contribution in [1.82, 2.24) is 0 Å². The highest BCUT2D eigenvalue weighted by atomic mass is 28.2. The number of hydrogen-bond acceptors (Lipinski definition) is 3. The van der Waals surface area contributed by atoms with Crippen LogP contribution < -0.4 is 0 Å². The van der Waals surface area contributed by atoms with Gasteiger partial charge in [-0.1, -0.05) is 12.5 Å². The van der Waals surface area contributed by atoms with Crippen molar-refractivity contribution < 1.29 is 22.7 Å². The van der Waals surface area contributed by atoms with E-state index in [-0.39, 0.29) is 12.2 Å². The standard InChI is InChI=1S/C18H27F2O3Si/c1-13(2)21-18(23-24,22-14(3)4)11-7-5-6-8-15-9-10-16(19)12-17(15)20/h9-10,12-14H,5-8,11H2,1-4H3. The molecular formula is C18H27F2O3Si. The first-order chi connectivity index (χ1) is 11.3. The minimum Gasteiger partial charge on any atom is -0.371 e. The Hall–Kier alpha value is -0.823. The van der Waals surface area contributed by atoms with Gasteiger partial charge in [-0.15, -0.1) is 0 Å². The van der Waals surface area contributed by atoms with Gasteiger partial charge in [0.15, 0.2) is 0 Å². The number of benzene rings is 1. The van der Waals surface area contributed by atoms with Crippen molar-refractivity contribution in [2.75, 3.05) is 0 Å². The molecule has 0 saturated carbocycles. The summed E-state index contributed by atoms with van der Waals surface area (Å²) in [7, 11) is 3.07. The molecule has 0 heterocycles. The molecule has 0 bridgehead atoms. The fraction of sp³-hybridized carbons (Fsp3) is 0.667. The Balaban J connectivity index is 2.46. The van der Waals surface area contributed by atoms with Gasteiger partial charge in [-0.25, -0.2) is 8.78 Å². The molecule has 3 nitrogen and oxygen atoms in total.